The fourth-order valence-electron chi connectivity index (χ4n) is 4.27. The zero-order valence-electron chi connectivity index (χ0n) is 16.9. The summed E-state index contributed by atoms with van der Waals surface area (Å²) < 4.78 is 31.1. The van der Waals surface area contributed by atoms with E-state index < -0.39 is 61.5 Å². The van der Waals surface area contributed by atoms with Gasteiger partial charge >= 0.3 is 0 Å². The van der Waals surface area contributed by atoms with E-state index in [1.807, 2.05) is 0 Å². The predicted octanol–water partition coefficient (Wildman–Crippen LogP) is -1.72. The lowest BCUT2D eigenvalue weighted by molar-refractivity contribution is -0.220. The molecule has 0 bridgehead atoms. The van der Waals surface area contributed by atoms with Crippen LogP contribution in [0.5, 0.6) is 0 Å². The van der Waals surface area contributed by atoms with Gasteiger partial charge in [0.1, 0.15) is 48.5 Å². The van der Waals surface area contributed by atoms with E-state index in [2.05, 4.69) is 15.0 Å². The van der Waals surface area contributed by atoms with E-state index in [1.165, 1.54) is 6.33 Å². The fraction of sp³-hybridized carbons (Fsp3) is 0.722. The number of fused-ring (bicyclic) bond motifs is 2. The van der Waals surface area contributed by atoms with Gasteiger partial charge in [-0.3, -0.25) is 4.57 Å². The van der Waals surface area contributed by atoms with Crippen molar-refractivity contribution in [3.05, 3.63) is 12.7 Å². The van der Waals surface area contributed by atoms with Crippen LogP contribution in [-0.4, -0.2) is 96.8 Å². The van der Waals surface area contributed by atoms with Gasteiger partial charge in [0.15, 0.2) is 29.8 Å². The molecule has 5 N–H and O–H groups in total. The summed E-state index contributed by atoms with van der Waals surface area (Å²) in [6.45, 7) is 3.17. The van der Waals surface area contributed by atoms with Gasteiger partial charge in [-0.1, -0.05) is 0 Å². The first-order chi connectivity index (χ1) is 14.8. The largest absolute Gasteiger partial charge is 0.394 e. The SMILES string of the molecule is CC1(C)O[C@@H]2[C@H](O1)[C@@H](CO[C@@H]1O[C@H](CO)[C@@H](O)[C@H]1O)O[C@H]2n1cnc2c(N)ncnc21. The van der Waals surface area contributed by atoms with Crippen molar-refractivity contribution in [1.29, 1.82) is 0 Å². The lowest BCUT2D eigenvalue weighted by Gasteiger charge is -2.25. The third-order valence-corrected chi connectivity index (χ3v) is 5.71. The Bertz CT molecular complexity index is 956. The van der Waals surface area contributed by atoms with Gasteiger partial charge in [0.2, 0.25) is 0 Å². The highest BCUT2D eigenvalue weighted by Crippen LogP contribution is 2.44. The summed E-state index contributed by atoms with van der Waals surface area (Å²) in [5, 5.41) is 29.2. The molecular formula is C18H25N5O8. The highest BCUT2D eigenvalue weighted by Gasteiger charge is 2.56. The zero-order chi connectivity index (χ0) is 21.9. The number of aliphatic hydroxyl groups excluding tert-OH is 3. The van der Waals surface area contributed by atoms with Crippen LogP contribution in [0.15, 0.2) is 12.7 Å². The minimum absolute atomic E-state index is 0.00649. The molecule has 13 heteroatoms. The Morgan fingerprint density at radius 1 is 1.10 bits per heavy atom. The van der Waals surface area contributed by atoms with Gasteiger partial charge in [0.05, 0.1) is 19.5 Å². The molecule has 31 heavy (non-hydrogen) atoms. The Labute approximate surface area is 176 Å². The van der Waals surface area contributed by atoms with Crippen LogP contribution in [0.2, 0.25) is 0 Å². The van der Waals surface area contributed by atoms with Crippen molar-refractivity contribution in [2.75, 3.05) is 18.9 Å². The Morgan fingerprint density at radius 3 is 2.61 bits per heavy atom. The molecule has 0 aromatic carbocycles. The van der Waals surface area contributed by atoms with Crippen LogP contribution in [0.1, 0.15) is 20.1 Å². The molecule has 13 nitrogen and oxygen atoms in total. The number of ether oxygens (including phenoxy) is 5. The number of rotatable bonds is 5. The number of hydrogen-bond donors (Lipinski definition) is 4. The van der Waals surface area contributed by atoms with Crippen molar-refractivity contribution < 1.29 is 39.0 Å². The number of hydrogen-bond acceptors (Lipinski definition) is 12. The van der Waals surface area contributed by atoms with E-state index in [-0.39, 0.29) is 12.4 Å². The maximum absolute atomic E-state index is 10.1. The molecule has 3 saturated heterocycles. The molecule has 3 aliphatic heterocycles. The van der Waals surface area contributed by atoms with E-state index in [4.69, 9.17) is 29.4 Å². The van der Waals surface area contributed by atoms with E-state index in [0.717, 1.165) is 0 Å². The van der Waals surface area contributed by atoms with Crippen LogP contribution in [-0.2, 0) is 23.7 Å². The Morgan fingerprint density at radius 2 is 1.87 bits per heavy atom. The van der Waals surface area contributed by atoms with E-state index >= 15 is 0 Å². The molecule has 3 fully saturated rings. The maximum Gasteiger partial charge on any atom is 0.186 e. The molecule has 0 unspecified atom stereocenters. The smallest absolute Gasteiger partial charge is 0.186 e. The van der Waals surface area contributed by atoms with Gasteiger partial charge in [0, 0.05) is 0 Å². The second-order valence-electron chi connectivity index (χ2n) is 8.25. The lowest BCUT2D eigenvalue weighted by atomic mass is 10.1. The first-order valence-corrected chi connectivity index (χ1v) is 9.97. The van der Waals surface area contributed by atoms with Gasteiger partial charge < -0.3 is 44.7 Å². The number of imidazole rings is 1. The summed E-state index contributed by atoms with van der Waals surface area (Å²) in [4.78, 5) is 12.5. The van der Waals surface area contributed by atoms with Gasteiger partial charge in [-0.15, -0.1) is 0 Å². The minimum Gasteiger partial charge on any atom is -0.394 e. The van der Waals surface area contributed by atoms with Crippen molar-refractivity contribution in [1.82, 2.24) is 19.5 Å². The number of aliphatic hydroxyl groups is 3. The number of aromatic nitrogens is 4. The molecule has 0 radical (unpaired) electrons. The number of anilines is 1. The third kappa shape index (κ3) is 3.47. The summed E-state index contributed by atoms with van der Waals surface area (Å²) >= 11 is 0. The topological polar surface area (TPSA) is 176 Å². The predicted molar refractivity (Wildman–Crippen MR) is 101 cm³/mol. The minimum atomic E-state index is -1.29. The normalized spacial score (nSPS) is 39.4. The van der Waals surface area contributed by atoms with Gasteiger partial charge in [-0.2, -0.15) is 0 Å². The summed E-state index contributed by atoms with van der Waals surface area (Å²) in [6.07, 6.45) is -3.81. The molecule has 8 atom stereocenters. The second-order valence-corrected chi connectivity index (χ2v) is 8.25. The molecule has 3 aliphatic rings. The summed E-state index contributed by atoms with van der Waals surface area (Å²) in [6, 6.07) is 0. The molecule has 0 saturated carbocycles. The van der Waals surface area contributed by atoms with Gasteiger partial charge in [-0.05, 0) is 13.8 Å². The summed E-state index contributed by atoms with van der Waals surface area (Å²) in [5.74, 6) is -0.590. The monoisotopic (exact) mass is 439 g/mol. The van der Waals surface area contributed by atoms with Crippen LogP contribution < -0.4 is 5.73 Å². The molecule has 2 aromatic heterocycles. The first-order valence-electron chi connectivity index (χ1n) is 9.97. The quantitative estimate of drug-likeness (QED) is 0.415. The first kappa shape index (κ1) is 20.9. The molecule has 0 aliphatic carbocycles. The van der Waals surface area contributed by atoms with Gasteiger partial charge in [0.25, 0.3) is 0 Å². The third-order valence-electron chi connectivity index (χ3n) is 5.71. The number of nitrogens with two attached hydrogens (primary N) is 1. The van der Waals surface area contributed by atoms with Crippen molar-refractivity contribution in [2.24, 2.45) is 0 Å². The molecule has 5 heterocycles. The lowest BCUT2D eigenvalue weighted by Crippen LogP contribution is -2.38. The highest BCUT2D eigenvalue weighted by molar-refractivity contribution is 5.81. The van der Waals surface area contributed by atoms with E-state index in [1.54, 1.807) is 24.7 Å². The molecule has 170 valence electrons. The van der Waals surface area contributed by atoms with Gasteiger partial charge in [-0.25, -0.2) is 15.0 Å². The Hall–Kier alpha value is -1.97. The Balaban J connectivity index is 1.36. The van der Waals surface area contributed by atoms with Crippen LogP contribution in [0.25, 0.3) is 11.2 Å². The van der Waals surface area contributed by atoms with Crippen molar-refractivity contribution >= 4 is 17.0 Å². The molecule has 2 aromatic rings. The number of nitrogens with zero attached hydrogens (tertiary/aromatic N) is 4. The van der Waals surface area contributed by atoms with Crippen molar-refractivity contribution in [2.45, 2.75) is 68.8 Å². The molecular weight excluding hydrogens is 414 g/mol. The molecule has 0 amide bonds. The van der Waals surface area contributed by atoms with Crippen LogP contribution in [0, 0.1) is 0 Å². The van der Waals surface area contributed by atoms with Crippen LogP contribution >= 0.6 is 0 Å². The van der Waals surface area contributed by atoms with E-state index in [9.17, 15) is 15.3 Å². The molecule has 0 spiro atoms. The van der Waals surface area contributed by atoms with Crippen molar-refractivity contribution in [3.63, 3.8) is 0 Å². The number of nitrogen functional groups attached to an aromatic ring is 1. The summed E-state index contributed by atoms with van der Waals surface area (Å²) in [5.41, 5.74) is 6.84. The standard InChI is InChI=1S/C18H25N5O8/c1-18(2)30-12-8(4-27-17-11(26)10(25)7(3-24)29-17)28-16(13(12)31-18)23-6-22-9-14(19)20-5-21-15(9)23/h5-8,10-13,16-17,24-26H,3-4H2,1-2H3,(H2,19,20,21)/t7-,8-,10-,11-,12-,13-,16-,17-/m1/s1. The average molecular weight is 439 g/mol. The Kier molecular flexibility index (Phi) is 5.10. The fourth-order valence-corrected chi connectivity index (χ4v) is 4.27. The zero-order valence-corrected chi connectivity index (χ0v) is 16.9. The second kappa shape index (κ2) is 7.56. The van der Waals surface area contributed by atoms with Crippen LogP contribution in [0.4, 0.5) is 5.82 Å². The summed E-state index contributed by atoms with van der Waals surface area (Å²) in [7, 11) is 0. The van der Waals surface area contributed by atoms with Crippen molar-refractivity contribution in [3.8, 4) is 0 Å². The van der Waals surface area contributed by atoms with E-state index in [0.29, 0.717) is 11.2 Å². The maximum atomic E-state index is 10.1. The highest BCUT2D eigenvalue weighted by atomic mass is 16.8. The molecule has 5 rings (SSSR count). The average Bonchev–Trinajstić information content (AvgIpc) is 3.44. The van der Waals surface area contributed by atoms with Crippen LogP contribution in [0.3, 0.4) is 0 Å².